The normalized spacial score (nSPS) is 14.3. The van der Waals surface area contributed by atoms with Gasteiger partial charge in [0, 0.05) is 11.8 Å². The minimum absolute atomic E-state index is 0.180. The number of nitrogens with zero attached hydrogens (tertiary/aromatic N) is 1. The lowest BCUT2D eigenvalue weighted by molar-refractivity contribution is -0.109. The molecular weight excluding hydrogens is 318 g/mol. The molecule has 126 valence electrons. The van der Waals surface area contributed by atoms with Crippen molar-refractivity contribution in [2.45, 2.75) is 6.92 Å². The molecule has 0 bridgehead atoms. The van der Waals surface area contributed by atoms with Crippen LogP contribution in [0, 0.1) is 0 Å². The molecular formula is C20H17NO4. The van der Waals surface area contributed by atoms with Crippen LogP contribution in [0.3, 0.4) is 0 Å². The van der Waals surface area contributed by atoms with E-state index in [2.05, 4.69) is 0 Å². The topological polar surface area (TPSA) is 66.8 Å². The van der Waals surface area contributed by atoms with E-state index in [0.717, 1.165) is 16.2 Å². The number of hydrogen-bond acceptors (Lipinski definition) is 5. The zero-order valence-corrected chi connectivity index (χ0v) is 13.7. The van der Waals surface area contributed by atoms with E-state index in [1.54, 1.807) is 37.3 Å². The molecule has 0 heterocycles. The van der Waals surface area contributed by atoms with Gasteiger partial charge in [0.05, 0.1) is 17.9 Å². The van der Waals surface area contributed by atoms with Crippen LogP contribution in [0.25, 0.3) is 11.6 Å². The van der Waals surface area contributed by atoms with Crippen molar-refractivity contribution < 1.29 is 19.5 Å². The van der Waals surface area contributed by atoms with Gasteiger partial charge in [-0.1, -0.05) is 30.3 Å². The average Bonchev–Trinajstić information content (AvgIpc) is 2.64. The number of rotatable bonds is 4. The van der Waals surface area contributed by atoms with Crippen LogP contribution in [0.1, 0.15) is 28.4 Å². The molecule has 2 aromatic rings. The Labute approximate surface area is 145 Å². The highest BCUT2D eigenvalue weighted by Crippen LogP contribution is 2.27. The molecule has 0 saturated carbocycles. The first kappa shape index (κ1) is 16.7. The van der Waals surface area contributed by atoms with Crippen LogP contribution >= 0.6 is 0 Å². The summed E-state index contributed by atoms with van der Waals surface area (Å²) in [5.41, 5.74) is 2.90. The van der Waals surface area contributed by atoms with E-state index in [0.29, 0.717) is 23.4 Å². The minimum atomic E-state index is -0.418. The van der Waals surface area contributed by atoms with Crippen LogP contribution in [-0.2, 0) is 9.53 Å². The average molecular weight is 335 g/mol. The maximum absolute atomic E-state index is 12.2. The van der Waals surface area contributed by atoms with Crippen molar-refractivity contribution in [3.05, 3.63) is 77.5 Å². The Hall–Kier alpha value is -3.18. The molecule has 25 heavy (non-hydrogen) atoms. The highest BCUT2D eigenvalue weighted by Gasteiger charge is 2.18. The molecule has 5 nitrogen and oxygen atoms in total. The smallest absolute Gasteiger partial charge is 0.338 e. The monoisotopic (exact) mass is 335 g/mol. The third kappa shape index (κ3) is 3.51. The molecule has 5 heteroatoms. The number of ketones is 1. The van der Waals surface area contributed by atoms with E-state index in [9.17, 15) is 14.8 Å². The number of hydroxylamine groups is 1. The zero-order chi connectivity index (χ0) is 17.8. The second kappa shape index (κ2) is 7.15. The number of fused-ring (bicyclic) bond motifs is 1. The first-order chi connectivity index (χ1) is 12.1. The summed E-state index contributed by atoms with van der Waals surface area (Å²) >= 11 is 0. The van der Waals surface area contributed by atoms with Gasteiger partial charge < -0.3 is 4.74 Å². The Morgan fingerprint density at radius 3 is 2.56 bits per heavy atom. The lowest BCUT2D eigenvalue weighted by atomic mass is 9.92. The fraction of sp³-hybridized carbons (Fsp3) is 0.100. The summed E-state index contributed by atoms with van der Waals surface area (Å²) in [5.74, 6) is -0.598. The molecule has 0 aromatic heterocycles. The van der Waals surface area contributed by atoms with Gasteiger partial charge in [-0.3, -0.25) is 10.0 Å². The summed E-state index contributed by atoms with van der Waals surface area (Å²) in [7, 11) is 0. The number of carbonyl (C=O) groups excluding carboxylic acids is 2. The lowest BCUT2D eigenvalue weighted by Gasteiger charge is -2.17. The van der Waals surface area contributed by atoms with Crippen LogP contribution in [-0.4, -0.2) is 23.6 Å². The molecule has 0 atom stereocenters. The molecule has 1 aliphatic rings. The van der Waals surface area contributed by atoms with Crippen LogP contribution in [0.5, 0.6) is 0 Å². The predicted molar refractivity (Wildman–Crippen MR) is 95.1 cm³/mol. The molecule has 0 spiro atoms. The SMILES string of the molecule is CCOC(=O)c1ccc(N(O)/C=C2\C(=O)C=Cc3ccccc32)cc1. The Kier molecular flexibility index (Phi) is 4.77. The quantitative estimate of drug-likeness (QED) is 0.524. The van der Waals surface area contributed by atoms with Gasteiger partial charge >= 0.3 is 5.97 Å². The number of anilines is 1. The number of carbonyl (C=O) groups is 2. The molecule has 0 amide bonds. The van der Waals surface area contributed by atoms with Gasteiger partial charge in [0.15, 0.2) is 5.78 Å². The van der Waals surface area contributed by atoms with Crippen LogP contribution in [0.4, 0.5) is 5.69 Å². The van der Waals surface area contributed by atoms with Gasteiger partial charge in [0.2, 0.25) is 0 Å². The number of esters is 1. The zero-order valence-electron chi connectivity index (χ0n) is 13.7. The molecule has 0 fully saturated rings. The molecule has 0 saturated heterocycles. The second-order valence-corrected chi connectivity index (χ2v) is 5.44. The summed E-state index contributed by atoms with van der Waals surface area (Å²) in [6.07, 6.45) is 4.61. The lowest BCUT2D eigenvalue weighted by Crippen LogP contribution is -2.14. The van der Waals surface area contributed by atoms with Crippen molar-refractivity contribution in [3.63, 3.8) is 0 Å². The maximum atomic E-state index is 12.2. The molecule has 0 aliphatic heterocycles. The van der Waals surface area contributed by atoms with Gasteiger partial charge in [-0.2, -0.15) is 0 Å². The van der Waals surface area contributed by atoms with Crippen molar-refractivity contribution in [3.8, 4) is 0 Å². The summed E-state index contributed by atoms with van der Waals surface area (Å²) < 4.78 is 4.92. The van der Waals surface area contributed by atoms with Gasteiger partial charge in [0.1, 0.15) is 0 Å². The van der Waals surface area contributed by atoms with E-state index >= 15 is 0 Å². The molecule has 1 N–H and O–H groups in total. The number of allylic oxidation sites excluding steroid dienone is 2. The van der Waals surface area contributed by atoms with E-state index in [-0.39, 0.29) is 5.78 Å². The summed E-state index contributed by atoms with van der Waals surface area (Å²) in [4.78, 5) is 23.8. The van der Waals surface area contributed by atoms with E-state index in [4.69, 9.17) is 4.74 Å². The number of benzene rings is 2. The summed E-state index contributed by atoms with van der Waals surface area (Å²) in [6.45, 7) is 2.04. The fourth-order valence-electron chi connectivity index (χ4n) is 2.57. The standard InChI is InChI=1S/C20H17NO4/c1-2-25-20(23)15-7-10-16(11-8-15)21(24)13-18-17-6-4-3-5-14(17)9-12-19(18)22/h3-13,24H,2H2,1H3/b18-13-. The highest BCUT2D eigenvalue weighted by atomic mass is 16.5. The first-order valence-electron chi connectivity index (χ1n) is 7.89. The highest BCUT2D eigenvalue weighted by molar-refractivity contribution is 6.30. The van der Waals surface area contributed by atoms with Crippen molar-refractivity contribution >= 4 is 29.1 Å². The molecule has 3 rings (SSSR count). The first-order valence-corrected chi connectivity index (χ1v) is 7.89. The van der Waals surface area contributed by atoms with Crippen molar-refractivity contribution in [1.29, 1.82) is 0 Å². The summed E-state index contributed by atoms with van der Waals surface area (Å²) in [5, 5.41) is 11.2. The van der Waals surface area contributed by atoms with Crippen molar-refractivity contribution in [2.24, 2.45) is 0 Å². The van der Waals surface area contributed by atoms with Crippen LogP contribution in [0.15, 0.2) is 60.8 Å². The number of ether oxygens (including phenoxy) is 1. The van der Waals surface area contributed by atoms with Gasteiger partial charge in [0.25, 0.3) is 0 Å². The molecule has 2 aromatic carbocycles. The van der Waals surface area contributed by atoms with Gasteiger partial charge in [-0.05, 0) is 48.4 Å². The third-order valence-electron chi connectivity index (χ3n) is 3.83. The summed E-state index contributed by atoms with van der Waals surface area (Å²) in [6, 6.07) is 13.8. The van der Waals surface area contributed by atoms with Crippen LogP contribution < -0.4 is 5.06 Å². The largest absolute Gasteiger partial charge is 0.462 e. The third-order valence-corrected chi connectivity index (χ3v) is 3.83. The van der Waals surface area contributed by atoms with Crippen molar-refractivity contribution in [1.82, 2.24) is 0 Å². The number of hydrogen-bond donors (Lipinski definition) is 1. The molecule has 0 unspecified atom stereocenters. The van der Waals surface area contributed by atoms with Gasteiger partial charge in [-0.25, -0.2) is 9.86 Å². The molecule has 1 aliphatic carbocycles. The Morgan fingerprint density at radius 1 is 1.12 bits per heavy atom. The Bertz CT molecular complexity index is 866. The predicted octanol–water partition coefficient (Wildman–Crippen LogP) is 3.70. The van der Waals surface area contributed by atoms with Crippen molar-refractivity contribution in [2.75, 3.05) is 11.7 Å². The molecule has 0 radical (unpaired) electrons. The van der Waals surface area contributed by atoms with E-state index in [1.807, 2.05) is 24.3 Å². The van der Waals surface area contributed by atoms with E-state index < -0.39 is 5.97 Å². The van der Waals surface area contributed by atoms with E-state index in [1.165, 1.54) is 12.3 Å². The second-order valence-electron chi connectivity index (χ2n) is 5.44. The van der Waals surface area contributed by atoms with Crippen LogP contribution in [0.2, 0.25) is 0 Å². The Morgan fingerprint density at radius 2 is 1.84 bits per heavy atom. The minimum Gasteiger partial charge on any atom is -0.462 e. The fourth-order valence-corrected chi connectivity index (χ4v) is 2.57. The van der Waals surface area contributed by atoms with Gasteiger partial charge in [-0.15, -0.1) is 0 Å². The maximum Gasteiger partial charge on any atom is 0.338 e. The Balaban J connectivity index is 1.87.